The summed E-state index contributed by atoms with van der Waals surface area (Å²) < 4.78 is 0. The number of rotatable bonds is 2. The highest BCUT2D eigenvalue weighted by molar-refractivity contribution is 6.16. The summed E-state index contributed by atoms with van der Waals surface area (Å²) in [5.74, 6) is 0.135. The fourth-order valence-corrected chi connectivity index (χ4v) is 3.09. The first kappa shape index (κ1) is 12.9. The van der Waals surface area contributed by atoms with E-state index in [0.29, 0.717) is 0 Å². The van der Waals surface area contributed by atoms with Crippen LogP contribution in [-0.2, 0) is 0 Å². The van der Waals surface area contributed by atoms with Gasteiger partial charge in [0.2, 0.25) is 0 Å². The molecule has 0 saturated heterocycles. The summed E-state index contributed by atoms with van der Waals surface area (Å²) in [6, 6.07) is 7.94. The molecule has 0 atom stereocenters. The van der Waals surface area contributed by atoms with E-state index in [4.69, 9.17) is 0 Å². The van der Waals surface area contributed by atoms with Gasteiger partial charge in [0.05, 0.1) is 0 Å². The van der Waals surface area contributed by atoms with Crippen LogP contribution >= 0.6 is 0 Å². The minimum absolute atomic E-state index is 0.103. The maximum Gasteiger partial charge on any atom is 0.191 e. The van der Waals surface area contributed by atoms with Gasteiger partial charge in [-0.05, 0) is 24.8 Å². The van der Waals surface area contributed by atoms with Crippen LogP contribution in [0.15, 0.2) is 53.8 Å². The van der Waals surface area contributed by atoms with Crippen LogP contribution < -0.4 is 0 Å². The molecule has 0 radical (unpaired) electrons. The molecule has 1 aliphatic rings. The SMILES string of the molecule is CC1=CC=C(C(=O)c2c[nH]c3ccccc23)C(C)(C)C1. The van der Waals surface area contributed by atoms with Crippen LogP contribution in [0.4, 0.5) is 0 Å². The van der Waals surface area contributed by atoms with Gasteiger partial charge in [-0.15, -0.1) is 0 Å². The largest absolute Gasteiger partial charge is 0.360 e. The molecule has 0 amide bonds. The lowest BCUT2D eigenvalue weighted by Crippen LogP contribution is -2.24. The Bertz CT molecular complexity index is 744. The van der Waals surface area contributed by atoms with E-state index in [1.165, 1.54) is 5.57 Å². The molecule has 2 aromatic rings. The van der Waals surface area contributed by atoms with Gasteiger partial charge >= 0.3 is 0 Å². The van der Waals surface area contributed by atoms with E-state index < -0.39 is 0 Å². The summed E-state index contributed by atoms with van der Waals surface area (Å²) in [5.41, 5.74) is 3.90. The second-order valence-electron chi connectivity index (χ2n) is 6.23. The maximum absolute atomic E-state index is 12.9. The van der Waals surface area contributed by atoms with E-state index in [-0.39, 0.29) is 11.2 Å². The van der Waals surface area contributed by atoms with Gasteiger partial charge in [-0.25, -0.2) is 0 Å². The molecule has 1 N–H and O–H groups in total. The van der Waals surface area contributed by atoms with Gasteiger partial charge in [-0.2, -0.15) is 0 Å². The molecule has 20 heavy (non-hydrogen) atoms. The number of H-pyrrole nitrogens is 1. The Morgan fingerprint density at radius 3 is 2.70 bits per heavy atom. The van der Waals surface area contributed by atoms with Crippen molar-refractivity contribution in [2.45, 2.75) is 27.2 Å². The van der Waals surface area contributed by atoms with Crippen molar-refractivity contribution in [1.82, 2.24) is 4.98 Å². The third-order valence-corrected chi connectivity index (χ3v) is 4.06. The van der Waals surface area contributed by atoms with Gasteiger partial charge in [0.25, 0.3) is 0 Å². The Hall–Kier alpha value is -2.09. The number of carbonyl (C=O) groups is 1. The van der Waals surface area contributed by atoms with E-state index in [1.807, 2.05) is 36.5 Å². The van der Waals surface area contributed by atoms with Crippen LogP contribution in [0, 0.1) is 5.41 Å². The van der Waals surface area contributed by atoms with E-state index in [9.17, 15) is 4.79 Å². The Kier molecular flexibility index (Phi) is 2.89. The van der Waals surface area contributed by atoms with Crippen molar-refractivity contribution in [2.24, 2.45) is 5.41 Å². The number of benzene rings is 1. The summed E-state index contributed by atoms with van der Waals surface area (Å²) in [5, 5.41) is 1.00. The van der Waals surface area contributed by atoms with Gasteiger partial charge in [0, 0.05) is 28.2 Å². The average molecular weight is 265 g/mol. The minimum Gasteiger partial charge on any atom is -0.360 e. The quantitative estimate of drug-likeness (QED) is 0.787. The molecule has 1 aromatic carbocycles. The summed E-state index contributed by atoms with van der Waals surface area (Å²) >= 11 is 0. The molecule has 2 nitrogen and oxygen atoms in total. The Labute approximate surface area is 119 Å². The van der Waals surface area contributed by atoms with Gasteiger partial charge in [0.15, 0.2) is 5.78 Å². The second kappa shape index (κ2) is 4.48. The molecule has 1 aliphatic carbocycles. The summed E-state index contributed by atoms with van der Waals surface area (Å²) in [7, 11) is 0. The Morgan fingerprint density at radius 1 is 1.20 bits per heavy atom. The van der Waals surface area contributed by atoms with Crippen molar-refractivity contribution in [3.63, 3.8) is 0 Å². The number of Topliss-reactive ketones (excluding diaryl/α,β-unsaturated/α-hetero) is 1. The Balaban J connectivity index is 2.09. The number of carbonyl (C=O) groups excluding carboxylic acids is 1. The van der Waals surface area contributed by atoms with Crippen LogP contribution in [0.2, 0.25) is 0 Å². The van der Waals surface area contributed by atoms with Crippen molar-refractivity contribution < 1.29 is 4.79 Å². The molecule has 102 valence electrons. The third kappa shape index (κ3) is 2.01. The van der Waals surface area contributed by atoms with Crippen molar-refractivity contribution in [3.05, 3.63) is 59.3 Å². The molecular formula is C18H19NO. The van der Waals surface area contributed by atoms with Gasteiger partial charge in [-0.1, -0.05) is 49.8 Å². The molecular weight excluding hydrogens is 246 g/mol. The summed E-state index contributed by atoms with van der Waals surface area (Å²) in [4.78, 5) is 16.1. The first-order chi connectivity index (χ1) is 9.49. The van der Waals surface area contributed by atoms with Crippen LogP contribution in [0.3, 0.4) is 0 Å². The van der Waals surface area contributed by atoms with Crippen LogP contribution in [0.1, 0.15) is 37.6 Å². The number of fused-ring (bicyclic) bond motifs is 1. The average Bonchev–Trinajstić information content (AvgIpc) is 2.80. The topological polar surface area (TPSA) is 32.9 Å². The summed E-state index contributed by atoms with van der Waals surface area (Å²) in [6.07, 6.45) is 6.82. The molecule has 0 fully saturated rings. The number of aromatic nitrogens is 1. The molecule has 2 heteroatoms. The molecule has 0 unspecified atom stereocenters. The zero-order valence-electron chi connectivity index (χ0n) is 12.2. The van der Waals surface area contributed by atoms with Crippen molar-refractivity contribution in [2.75, 3.05) is 0 Å². The number of allylic oxidation sites excluding steroid dienone is 4. The van der Waals surface area contributed by atoms with Crippen molar-refractivity contribution >= 4 is 16.7 Å². The smallest absolute Gasteiger partial charge is 0.191 e. The predicted octanol–water partition coefficient (Wildman–Crippen LogP) is 4.65. The van der Waals surface area contributed by atoms with E-state index in [2.05, 4.69) is 31.8 Å². The van der Waals surface area contributed by atoms with Crippen LogP contribution in [0.25, 0.3) is 10.9 Å². The first-order valence-corrected chi connectivity index (χ1v) is 6.98. The van der Waals surface area contributed by atoms with Crippen LogP contribution in [-0.4, -0.2) is 10.8 Å². The molecule has 1 aromatic heterocycles. The molecule has 0 saturated carbocycles. The monoisotopic (exact) mass is 265 g/mol. The second-order valence-corrected chi connectivity index (χ2v) is 6.23. The predicted molar refractivity (Wildman–Crippen MR) is 82.9 cm³/mol. The van der Waals surface area contributed by atoms with Crippen LogP contribution in [0.5, 0.6) is 0 Å². The van der Waals surface area contributed by atoms with E-state index in [0.717, 1.165) is 28.5 Å². The molecule has 3 rings (SSSR count). The highest BCUT2D eigenvalue weighted by Crippen LogP contribution is 2.39. The Morgan fingerprint density at radius 2 is 1.95 bits per heavy atom. The normalized spacial score (nSPS) is 17.8. The van der Waals surface area contributed by atoms with E-state index >= 15 is 0 Å². The molecule has 0 aliphatic heterocycles. The highest BCUT2D eigenvalue weighted by Gasteiger charge is 2.31. The number of aromatic amines is 1. The zero-order chi connectivity index (χ0) is 14.3. The third-order valence-electron chi connectivity index (χ3n) is 4.06. The maximum atomic E-state index is 12.9. The minimum atomic E-state index is -0.103. The lowest BCUT2D eigenvalue weighted by molar-refractivity contribution is 0.101. The van der Waals surface area contributed by atoms with Gasteiger partial charge < -0.3 is 4.98 Å². The van der Waals surface area contributed by atoms with Gasteiger partial charge in [0.1, 0.15) is 0 Å². The van der Waals surface area contributed by atoms with Crippen molar-refractivity contribution in [3.8, 4) is 0 Å². The van der Waals surface area contributed by atoms with Crippen molar-refractivity contribution in [1.29, 1.82) is 0 Å². The fourth-order valence-electron chi connectivity index (χ4n) is 3.09. The standard InChI is InChI=1S/C18H19NO/c1-12-8-9-15(18(2,3)10-12)17(20)14-11-19-16-7-5-4-6-13(14)16/h4-9,11,19H,10H2,1-3H3. The first-order valence-electron chi connectivity index (χ1n) is 6.98. The molecule has 1 heterocycles. The van der Waals surface area contributed by atoms with E-state index in [1.54, 1.807) is 0 Å². The number of ketones is 1. The molecule has 0 bridgehead atoms. The molecule has 0 spiro atoms. The highest BCUT2D eigenvalue weighted by atomic mass is 16.1. The lowest BCUT2D eigenvalue weighted by Gasteiger charge is -2.30. The summed E-state index contributed by atoms with van der Waals surface area (Å²) in [6.45, 7) is 6.40. The number of nitrogens with one attached hydrogen (secondary N) is 1. The number of para-hydroxylation sites is 1. The zero-order valence-corrected chi connectivity index (χ0v) is 12.2. The fraction of sp³-hybridized carbons (Fsp3) is 0.278. The van der Waals surface area contributed by atoms with Gasteiger partial charge in [-0.3, -0.25) is 4.79 Å². The number of hydrogen-bond donors (Lipinski definition) is 1. The number of hydrogen-bond acceptors (Lipinski definition) is 1. The lowest BCUT2D eigenvalue weighted by atomic mass is 9.73.